The molecular weight excluding hydrogens is 526 g/mol. The summed E-state index contributed by atoms with van der Waals surface area (Å²) in [5.74, 6) is -1.56. The van der Waals surface area contributed by atoms with Gasteiger partial charge in [-0.25, -0.2) is 23.0 Å². The molecule has 3 heterocycles. The van der Waals surface area contributed by atoms with Crippen LogP contribution in [0.15, 0.2) is 29.3 Å². The number of aromatic nitrogens is 1. The van der Waals surface area contributed by atoms with Gasteiger partial charge in [-0.15, -0.1) is 0 Å². The molecule has 2 aromatic rings. The van der Waals surface area contributed by atoms with E-state index >= 15 is 0 Å². The Balaban J connectivity index is 1.78. The molecule has 2 aliphatic heterocycles. The number of carbonyl (C=O) groups is 3. The molecule has 0 spiro atoms. The van der Waals surface area contributed by atoms with Gasteiger partial charge in [0.1, 0.15) is 18.2 Å². The molecule has 12 heteroatoms. The van der Waals surface area contributed by atoms with Crippen LogP contribution in [0.25, 0.3) is 10.8 Å². The lowest BCUT2D eigenvalue weighted by Gasteiger charge is -2.34. The highest BCUT2D eigenvalue weighted by molar-refractivity contribution is 7.91. The lowest BCUT2D eigenvalue weighted by atomic mass is 9.85. The molecular formula is C27H35N3O8S. The second-order valence-electron chi connectivity index (χ2n) is 11.3. The highest BCUT2D eigenvalue weighted by Crippen LogP contribution is 2.34. The largest absolute Gasteiger partial charge is 0.480 e. The minimum Gasteiger partial charge on any atom is -0.480 e. The fourth-order valence-corrected chi connectivity index (χ4v) is 6.03. The van der Waals surface area contributed by atoms with E-state index in [1.807, 2.05) is 6.07 Å². The van der Waals surface area contributed by atoms with Gasteiger partial charge in [0.25, 0.3) is 0 Å². The molecule has 2 aliphatic rings. The number of carboxylic acid groups (broad SMARTS) is 1. The number of aliphatic carboxylic acids is 1. The first-order valence-corrected chi connectivity index (χ1v) is 14.9. The molecule has 1 aromatic heterocycles. The summed E-state index contributed by atoms with van der Waals surface area (Å²) in [4.78, 5) is 44.1. The molecule has 0 radical (unpaired) electrons. The van der Waals surface area contributed by atoms with Crippen LogP contribution in [0.4, 0.5) is 4.79 Å². The Hall–Kier alpha value is -3.41. The monoisotopic (exact) mass is 561 g/mol. The number of hydrogen-bond donors (Lipinski definition) is 2. The predicted octanol–water partition coefficient (Wildman–Crippen LogP) is 2.94. The van der Waals surface area contributed by atoms with E-state index in [1.54, 1.807) is 32.9 Å². The van der Waals surface area contributed by atoms with Crippen LogP contribution < -0.4 is 10.1 Å². The quantitative estimate of drug-likeness (QED) is 0.564. The van der Waals surface area contributed by atoms with Crippen molar-refractivity contribution in [1.29, 1.82) is 0 Å². The molecule has 212 valence electrons. The van der Waals surface area contributed by atoms with E-state index in [9.17, 15) is 27.9 Å². The van der Waals surface area contributed by atoms with E-state index in [0.29, 0.717) is 23.6 Å². The number of carboxylic acids is 1. The van der Waals surface area contributed by atoms with Gasteiger partial charge in [0.2, 0.25) is 11.8 Å². The molecule has 4 rings (SSSR count). The average Bonchev–Trinajstić information content (AvgIpc) is 3.26. The molecule has 4 bridgehead atoms. The van der Waals surface area contributed by atoms with Crippen molar-refractivity contribution in [3.05, 3.63) is 30.0 Å². The third-order valence-electron chi connectivity index (χ3n) is 7.09. The van der Waals surface area contributed by atoms with Crippen LogP contribution in [-0.4, -0.2) is 79.0 Å². The van der Waals surface area contributed by atoms with Gasteiger partial charge in [-0.1, -0.05) is 20.8 Å². The topological polar surface area (TPSA) is 152 Å². The summed E-state index contributed by atoms with van der Waals surface area (Å²) < 4.78 is 36.8. The Kier molecular flexibility index (Phi) is 8.06. The molecule has 2 amide bonds. The number of fused-ring (bicyclic) bond motifs is 3. The number of pyridine rings is 1. The SMILES string of the molecule is CC(C)(C)[C@@H]1NC(=O)OCCCCCc2cc(S(C)(=O)=O)c3ccnc(c3c2)O[C@@H]2C[C@@H](C(=O)O)N(C2)C1=O. The number of ether oxygens (including phenoxy) is 2. The maximum atomic E-state index is 13.6. The van der Waals surface area contributed by atoms with Crippen molar-refractivity contribution in [2.75, 3.05) is 19.4 Å². The minimum atomic E-state index is -3.58. The summed E-state index contributed by atoms with van der Waals surface area (Å²) in [5, 5.41) is 13.5. The maximum Gasteiger partial charge on any atom is 0.407 e. The van der Waals surface area contributed by atoms with Crippen LogP contribution in [-0.2, 0) is 30.6 Å². The van der Waals surface area contributed by atoms with Crippen molar-refractivity contribution in [1.82, 2.24) is 15.2 Å². The summed E-state index contributed by atoms with van der Waals surface area (Å²) >= 11 is 0. The first kappa shape index (κ1) is 28.6. The lowest BCUT2D eigenvalue weighted by Crippen LogP contribution is -2.57. The van der Waals surface area contributed by atoms with E-state index in [1.165, 1.54) is 11.1 Å². The first-order valence-electron chi connectivity index (χ1n) is 13.0. The van der Waals surface area contributed by atoms with Gasteiger partial charge in [0.05, 0.1) is 18.0 Å². The van der Waals surface area contributed by atoms with Gasteiger partial charge < -0.3 is 24.8 Å². The molecule has 3 atom stereocenters. The third kappa shape index (κ3) is 6.43. The zero-order valence-corrected chi connectivity index (χ0v) is 23.4. The van der Waals surface area contributed by atoms with Crippen LogP contribution in [0.2, 0.25) is 0 Å². The summed E-state index contributed by atoms with van der Waals surface area (Å²) in [5.41, 5.74) is 0.0643. The number of sulfone groups is 1. The van der Waals surface area contributed by atoms with Crippen LogP contribution in [0.5, 0.6) is 5.88 Å². The van der Waals surface area contributed by atoms with Crippen molar-refractivity contribution < 1.29 is 37.4 Å². The van der Waals surface area contributed by atoms with Crippen molar-refractivity contribution >= 4 is 38.6 Å². The van der Waals surface area contributed by atoms with E-state index in [0.717, 1.165) is 24.7 Å². The zero-order chi connectivity index (χ0) is 28.5. The third-order valence-corrected chi connectivity index (χ3v) is 8.23. The van der Waals surface area contributed by atoms with Crippen molar-refractivity contribution in [3.8, 4) is 5.88 Å². The Morgan fingerprint density at radius 2 is 1.90 bits per heavy atom. The number of aryl methyl sites for hydroxylation is 1. The number of rotatable bonds is 2. The summed E-state index contributed by atoms with van der Waals surface area (Å²) in [6.45, 7) is 5.43. The van der Waals surface area contributed by atoms with Crippen LogP contribution >= 0.6 is 0 Å². The summed E-state index contributed by atoms with van der Waals surface area (Å²) in [6.07, 6.45) is 3.78. The number of nitrogens with zero attached hydrogens (tertiary/aromatic N) is 2. The number of hydrogen-bond acceptors (Lipinski definition) is 8. The van der Waals surface area contributed by atoms with E-state index in [2.05, 4.69) is 10.3 Å². The second kappa shape index (κ2) is 11.0. The molecule has 11 nitrogen and oxygen atoms in total. The average molecular weight is 562 g/mol. The van der Waals surface area contributed by atoms with Gasteiger partial charge in [-0.3, -0.25) is 4.79 Å². The van der Waals surface area contributed by atoms with E-state index < -0.39 is 51.4 Å². The van der Waals surface area contributed by atoms with Crippen molar-refractivity contribution in [2.45, 2.75) is 76.0 Å². The summed E-state index contributed by atoms with van der Waals surface area (Å²) in [7, 11) is -3.58. The van der Waals surface area contributed by atoms with Gasteiger partial charge in [-0.2, -0.15) is 0 Å². The molecule has 0 aliphatic carbocycles. The Morgan fingerprint density at radius 3 is 2.56 bits per heavy atom. The Morgan fingerprint density at radius 1 is 1.15 bits per heavy atom. The molecule has 1 aromatic carbocycles. The molecule has 1 fully saturated rings. The molecule has 39 heavy (non-hydrogen) atoms. The molecule has 0 saturated carbocycles. The maximum absolute atomic E-state index is 13.6. The number of amides is 2. The highest BCUT2D eigenvalue weighted by Gasteiger charge is 2.46. The normalized spacial score (nSPS) is 23.5. The van der Waals surface area contributed by atoms with Crippen LogP contribution in [0, 0.1) is 5.41 Å². The van der Waals surface area contributed by atoms with Crippen molar-refractivity contribution in [2.24, 2.45) is 5.41 Å². The van der Waals surface area contributed by atoms with Crippen molar-refractivity contribution in [3.63, 3.8) is 0 Å². The van der Waals surface area contributed by atoms with E-state index in [4.69, 9.17) is 9.47 Å². The zero-order valence-electron chi connectivity index (χ0n) is 22.6. The first-order chi connectivity index (χ1) is 18.3. The predicted molar refractivity (Wildman–Crippen MR) is 142 cm³/mol. The van der Waals surface area contributed by atoms with E-state index in [-0.39, 0.29) is 30.3 Å². The standard InChI is InChI=1S/C27H35N3O8S/c1-27(2,3)22-24(31)30-15-17(14-20(30)25(32)33)38-23-19-12-16(8-6-5-7-11-37-26(34)29-22)13-21(39(4,35)36)18(19)9-10-28-23/h9-10,12-13,17,20,22H,5-8,11,14-15H2,1-4H3,(H,29,34)(H,32,33)/t17-,20+,22-/m1/s1. The van der Waals surface area contributed by atoms with Crippen LogP contribution in [0.1, 0.15) is 52.0 Å². The smallest absolute Gasteiger partial charge is 0.407 e. The van der Waals surface area contributed by atoms with Gasteiger partial charge in [0.15, 0.2) is 9.84 Å². The van der Waals surface area contributed by atoms with Gasteiger partial charge in [0, 0.05) is 29.6 Å². The number of cyclic esters (lactones) is 1. The Bertz CT molecular complexity index is 1390. The van der Waals surface area contributed by atoms with Gasteiger partial charge in [-0.05, 0) is 54.9 Å². The number of nitrogens with one attached hydrogen (secondary N) is 1. The fourth-order valence-electron chi connectivity index (χ4n) is 5.09. The summed E-state index contributed by atoms with van der Waals surface area (Å²) in [6, 6.07) is 2.92. The highest BCUT2D eigenvalue weighted by atomic mass is 32.2. The van der Waals surface area contributed by atoms with Crippen LogP contribution in [0.3, 0.4) is 0 Å². The molecule has 1 saturated heterocycles. The lowest BCUT2D eigenvalue weighted by molar-refractivity contribution is -0.150. The second-order valence-corrected chi connectivity index (χ2v) is 13.3. The van der Waals surface area contributed by atoms with Gasteiger partial charge >= 0.3 is 12.1 Å². The number of benzene rings is 1. The fraction of sp³-hybridized carbons (Fsp3) is 0.556. The number of carbonyl (C=O) groups excluding carboxylic acids is 2. The Labute approximate surface area is 227 Å². The molecule has 0 unspecified atom stereocenters. The number of alkyl carbamates (subject to hydrolysis) is 1. The minimum absolute atomic E-state index is 0.000918. The molecule has 2 N–H and O–H groups in total.